The molecule has 26 heavy (non-hydrogen) atoms. The third-order valence-electron chi connectivity index (χ3n) is 5.70. The Bertz CT molecular complexity index is 648. The van der Waals surface area contributed by atoms with Gasteiger partial charge in [0.2, 0.25) is 0 Å². The second kappa shape index (κ2) is 7.12. The molecule has 2 aromatic carbocycles. The highest BCUT2D eigenvalue weighted by atomic mass is 31.1. The fraction of sp³-hybridized carbons (Fsp3) is 0.520. The molecular formula is C25H35P. The molecule has 1 aliphatic carbocycles. The van der Waals surface area contributed by atoms with Crippen LogP contribution >= 0.6 is 7.92 Å². The summed E-state index contributed by atoms with van der Waals surface area (Å²) in [6.07, 6.45) is 3.83. The van der Waals surface area contributed by atoms with Gasteiger partial charge in [-0.2, -0.15) is 0 Å². The lowest BCUT2D eigenvalue weighted by molar-refractivity contribution is 0.502. The lowest BCUT2D eigenvalue weighted by Crippen LogP contribution is -2.30. The van der Waals surface area contributed by atoms with Crippen LogP contribution in [0.25, 0.3) is 0 Å². The summed E-state index contributed by atoms with van der Waals surface area (Å²) < 4.78 is 0. The van der Waals surface area contributed by atoms with Crippen molar-refractivity contribution in [2.75, 3.05) is 0 Å². The average Bonchev–Trinajstić information content (AvgIpc) is 3.18. The summed E-state index contributed by atoms with van der Waals surface area (Å²) in [6.45, 7) is 14.8. The first kappa shape index (κ1) is 19.6. The third kappa shape index (κ3) is 4.40. The lowest BCUT2D eigenvalue weighted by Gasteiger charge is -2.43. The second-order valence-electron chi connectivity index (χ2n) is 10.1. The van der Waals surface area contributed by atoms with Gasteiger partial charge in [0.25, 0.3) is 0 Å². The fourth-order valence-corrected chi connectivity index (χ4v) is 10.2. The van der Waals surface area contributed by atoms with E-state index in [1.807, 2.05) is 0 Å². The van der Waals surface area contributed by atoms with Crippen LogP contribution in [-0.2, 0) is 12.8 Å². The van der Waals surface area contributed by atoms with E-state index in [9.17, 15) is 0 Å². The molecule has 140 valence electrons. The van der Waals surface area contributed by atoms with E-state index in [-0.39, 0.29) is 7.92 Å². The van der Waals surface area contributed by atoms with Gasteiger partial charge in [-0.15, -0.1) is 0 Å². The van der Waals surface area contributed by atoms with Crippen molar-refractivity contribution < 1.29 is 0 Å². The standard InChI is InChI=1S/C25H35P/c1-23(2,3)26(24(4,5)6)22-19-25(22,17-20-13-9-7-10-14-20)18-21-15-11-8-12-16-21/h7-16,22H,17-19H2,1-6H3. The molecule has 0 heterocycles. The zero-order chi connectivity index (χ0) is 19.0. The van der Waals surface area contributed by atoms with Crippen LogP contribution in [0.3, 0.4) is 0 Å². The van der Waals surface area contributed by atoms with E-state index >= 15 is 0 Å². The van der Waals surface area contributed by atoms with E-state index in [1.165, 1.54) is 30.4 Å². The highest BCUT2D eigenvalue weighted by molar-refractivity contribution is 7.62. The molecule has 1 atom stereocenters. The molecule has 0 aromatic heterocycles. The van der Waals surface area contributed by atoms with Gasteiger partial charge in [-0.1, -0.05) is 110 Å². The largest absolute Gasteiger partial charge is 0.0918 e. The summed E-state index contributed by atoms with van der Waals surface area (Å²) in [5.74, 6) is 0. The van der Waals surface area contributed by atoms with Crippen molar-refractivity contribution in [3.63, 3.8) is 0 Å². The highest BCUT2D eigenvalue weighted by Gasteiger charge is 2.60. The van der Waals surface area contributed by atoms with Crippen LogP contribution in [0.15, 0.2) is 60.7 Å². The summed E-state index contributed by atoms with van der Waals surface area (Å²) in [6, 6.07) is 22.3. The predicted molar refractivity (Wildman–Crippen MR) is 118 cm³/mol. The van der Waals surface area contributed by atoms with Crippen LogP contribution in [0.2, 0.25) is 0 Å². The normalized spacial score (nSPS) is 19.6. The topological polar surface area (TPSA) is 0 Å². The average molecular weight is 367 g/mol. The maximum Gasteiger partial charge on any atom is -0.0131 e. The Morgan fingerprint density at radius 2 is 1.12 bits per heavy atom. The van der Waals surface area contributed by atoms with E-state index < -0.39 is 0 Å². The van der Waals surface area contributed by atoms with E-state index in [0.29, 0.717) is 15.7 Å². The zero-order valence-electron chi connectivity index (χ0n) is 17.4. The fourth-order valence-electron chi connectivity index (χ4n) is 5.08. The van der Waals surface area contributed by atoms with Crippen molar-refractivity contribution in [2.45, 2.75) is 76.8 Å². The molecule has 0 nitrogen and oxygen atoms in total. The third-order valence-corrected chi connectivity index (χ3v) is 9.95. The quantitative estimate of drug-likeness (QED) is 0.487. The molecule has 0 amide bonds. The van der Waals surface area contributed by atoms with Crippen LogP contribution in [0.1, 0.15) is 59.1 Å². The van der Waals surface area contributed by atoms with Gasteiger partial charge in [-0.05, 0) is 51.8 Å². The molecule has 1 unspecified atom stereocenters. The summed E-state index contributed by atoms with van der Waals surface area (Å²) >= 11 is 0. The predicted octanol–water partition coefficient (Wildman–Crippen LogP) is 7.31. The molecule has 0 bridgehead atoms. The van der Waals surface area contributed by atoms with Gasteiger partial charge in [0.05, 0.1) is 0 Å². The SMILES string of the molecule is CC(C)(C)P(C1CC1(Cc1ccccc1)Cc1ccccc1)C(C)(C)C. The molecule has 3 rings (SSSR count). The van der Waals surface area contributed by atoms with Crippen molar-refractivity contribution in [1.82, 2.24) is 0 Å². The minimum absolute atomic E-state index is 0.0709. The van der Waals surface area contributed by atoms with Gasteiger partial charge in [0.1, 0.15) is 0 Å². The Morgan fingerprint density at radius 1 is 0.731 bits per heavy atom. The van der Waals surface area contributed by atoms with Gasteiger partial charge in [0.15, 0.2) is 0 Å². The van der Waals surface area contributed by atoms with Gasteiger partial charge in [-0.25, -0.2) is 0 Å². The van der Waals surface area contributed by atoms with Crippen molar-refractivity contribution in [3.05, 3.63) is 71.8 Å². The van der Waals surface area contributed by atoms with Gasteiger partial charge < -0.3 is 0 Å². The lowest BCUT2D eigenvalue weighted by atomic mass is 9.89. The molecule has 2 aromatic rings. The number of hydrogen-bond donors (Lipinski definition) is 0. The minimum atomic E-state index is -0.0709. The first-order valence-corrected chi connectivity index (χ1v) is 11.4. The Morgan fingerprint density at radius 3 is 1.46 bits per heavy atom. The van der Waals surface area contributed by atoms with Crippen molar-refractivity contribution >= 4 is 7.92 Å². The van der Waals surface area contributed by atoms with E-state index in [2.05, 4.69) is 102 Å². The van der Waals surface area contributed by atoms with Gasteiger partial charge in [-0.3, -0.25) is 0 Å². The molecule has 1 fully saturated rings. The molecule has 1 heteroatoms. The first-order valence-electron chi connectivity index (χ1n) is 9.99. The molecular weight excluding hydrogens is 331 g/mol. The van der Waals surface area contributed by atoms with Crippen LogP contribution in [0.4, 0.5) is 0 Å². The van der Waals surface area contributed by atoms with Crippen LogP contribution < -0.4 is 0 Å². The van der Waals surface area contributed by atoms with Gasteiger partial charge >= 0.3 is 0 Å². The van der Waals surface area contributed by atoms with E-state index in [4.69, 9.17) is 0 Å². The molecule has 0 N–H and O–H groups in total. The van der Waals surface area contributed by atoms with Gasteiger partial charge in [0, 0.05) is 0 Å². The Kier molecular flexibility index (Phi) is 5.38. The van der Waals surface area contributed by atoms with E-state index in [0.717, 1.165) is 5.66 Å². The number of benzene rings is 2. The van der Waals surface area contributed by atoms with Crippen LogP contribution in [0.5, 0.6) is 0 Å². The summed E-state index contributed by atoms with van der Waals surface area (Å²) in [4.78, 5) is 0. The van der Waals surface area contributed by atoms with E-state index in [1.54, 1.807) is 0 Å². The first-order chi connectivity index (χ1) is 12.1. The van der Waals surface area contributed by atoms with Crippen molar-refractivity contribution in [2.24, 2.45) is 5.41 Å². The Hall–Kier alpha value is -1.13. The molecule has 1 aliphatic rings. The molecule has 1 saturated carbocycles. The second-order valence-corrected chi connectivity index (χ2v) is 14.2. The maximum absolute atomic E-state index is 2.47. The smallest absolute Gasteiger partial charge is 0.0131 e. The number of hydrogen-bond acceptors (Lipinski definition) is 0. The molecule has 0 spiro atoms. The molecule has 0 radical (unpaired) electrons. The van der Waals surface area contributed by atoms with Crippen LogP contribution in [-0.4, -0.2) is 16.0 Å². The molecule has 0 saturated heterocycles. The maximum atomic E-state index is 2.47. The molecule has 0 aliphatic heterocycles. The monoisotopic (exact) mass is 366 g/mol. The summed E-state index contributed by atoms with van der Waals surface area (Å²) in [5, 5.41) is 0.792. The zero-order valence-corrected chi connectivity index (χ0v) is 18.3. The summed E-state index contributed by atoms with van der Waals surface area (Å²) in [7, 11) is -0.0709. The van der Waals surface area contributed by atoms with Crippen molar-refractivity contribution in [3.8, 4) is 0 Å². The Labute approximate surface area is 162 Å². The Balaban J connectivity index is 1.93. The minimum Gasteiger partial charge on any atom is -0.0918 e. The highest BCUT2D eigenvalue weighted by Crippen LogP contribution is 2.76. The number of rotatable bonds is 5. The summed E-state index contributed by atoms with van der Waals surface area (Å²) in [5.41, 5.74) is 4.31. The van der Waals surface area contributed by atoms with Crippen molar-refractivity contribution in [1.29, 1.82) is 0 Å². The van der Waals surface area contributed by atoms with Crippen LogP contribution in [0, 0.1) is 5.41 Å².